The number of nitrogens with one attached hydrogen (secondary N) is 2. The molecular weight excluding hydrogens is 534 g/mol. The quantitative estimate of drug-likeness (QED) is 0.225. The van der Waals surface area contributed by atoms with E-state index in [1.165, 1.54) is 50.8 Å². The lowest BCUT2D eigenvalue weighted by Gasteiger charge is -2.26. The summed E-state index contributed by atoms with van der Waals surface area (Å²) in [6, 6.07) is 13.1. The van der Waals surface area contributed by atoms with E-state index < -0.39 is 0 Å². The predicted octanol–water partition coefficient (Wildman–Crippen LogP) is 5.66. The highest BCUT2D eigenvalue weighted by Gasteiger charge is 2.21. The lowest BCUT2D eigenvalue weighted by Crippen LogP contribution is -2.33. The first-order valence-corrected chi connectivity index (χ1v) is 15.9. The van der Waals surface area contributed by atoms with Gasteiger partial charge in [0.2, 0.25) is 0 Å². The zero-order chi connectivity index (χ0) is 28.2. The van der Waals surface area contributed by atoms with Crippen LogP contribution in [-0.2, 0) is 4.74 Å². The van der Waals surface area contributed by atoms with Crippen molar-refractivity contribution in [3.05, 3.63) is 53.7 Å². The van der Waals surface area contributed by atoms with Gasteiger partial charge in [-0.3, -0.25) is 9.20 Å². The van der Waals surface area contributed by atoms with Crippen molar-refractivity contribution >= 4 is 32.4 Å². The van der Waals surface area contributed by atoms with Crippen molar-refractivity contribution in [2.24, 2.45) is 0 Å². The normalized spacial score (nSPS) is 18.7. The average molecular weight is 576 g/mol. The number of carbonyl (C=O) groups excluding carboxylic acids is 1. The van der Waals surface area contributed by atoms with Crippen LogP contribution in [0.15, 0.2) is 42.6 Å². The number of fused-ring (bicyclic) bond motifs is 3. The second-order valence-corrected chi connectivity index (χ2v) is 12.4. The van der Waals surface area contributed by atoms with E-state index in [-0.39, 0.29) is 12.0 Å². The monoisotopic (exact) mass is 575 g/mol. The molecule has 2 aromatic carbocycles. The van der Waals surface area contributed by atoms with Crippen LogP contribution in [0.4, 0.5) is 0 Å². The Morgan fingerprint density at radius 1 is 1.17 bits per heavy atom. The minimum absolute atomic E-state index is 0.103. The number of aromatic nitrogens is 2. The summed E-state index contributed by atoms with van der Waals surface area (Å²) in [5.74, 6) is 0.465. The summed E-state index contributed by atoms with van der Waals surface area (Å²) in [5.41, 5.74) is 4.91. The SMILES string of the molecule is COC[C@H](C)Oc1cc2c(cc1C(=O)NCCCN1CCCCC1)sc1nc(-c3ccc(C4CCCN4)cc3)cn12. The zero-order valence-corrected chi connectivity index (χ0v) is 25.0. The standard InChI is InChI=1S/C32H41N5O3S/c1-22(21-39-2)40-29-19-28-30(18-25(29)31(38)34-14-7-17-36-15-4-3-5-16-36)41-32-35-27(20-37(28)32)24-11-9-23(10-12-24)26-8-6-13-33-26/h9-12,18-20,22,26,33H,3-8,13-17,21H2,1-2H3,(H,34,38)/t22-,26?/m0/s1. The van der Waals surface area contributed by atoms with E-state index in [4.69, 9.17) is 14.5 Å². The van der Waals surface area contributed by atoms with E-state index in [1.54, 1.807) is 18.4 Å². The van der Waals surface area contributed by atoms with E-state index in [1.807, 2.05) is 19.1 Å². The van der Waals surface area contributed by atoms with Crippen molar-refractivity contribution in [2.75, 3.05) is 46.4 Å². The fraction of sp³-hybridized carbons (Fsp3) is 0.500. The summed E-state index contributed by atoms with van der Waals surface area (Å²) in [4.78, 5) is 21.7. The molecule has 41 heavy (non-hydrogen) atoms. The molecule has 2 aromatic heterocycles. The molecule has 0 bridgehead atoms. The van der Waals surface area contributed by atoms with E-state index in [9.17, 15) is 4.79 Å². The van der Waals surface area contributed by atoms with Gasteiger partial charge in [0.05, 0.1) is 28.1 Å². The first kappa shape index (κ1) is 28.2. The number of rotatable bonds is 11. The van der Waals surface area contributed by atoms with Crippen LogP contribution in [0.2, 0.25) is 0 Å². The molecule has 0 spiro atoms. The molecule has 8 nitrogen and oxygen atoms in total. The third-order valence-electron chi connectivity index (χ3n) is 8.22. The van der Waals surface area contributed by atoms with Crippen molar-refractivity contribution in [1.82, 2.24) is 24.9 Å². The van der Waals surface area contributed by atoms with E-state index in [2.05, 4.69) is 50.4 Å². The topological polar surface area (TPSA) is 80.1 Å². The van der Waals surface area contributed by atoms with Gasteiger partial charge in [0.1, 0.15) is 11.9 Å². The maximum atomic E-state index is 13.4. The van der Waals surface area contributed by atoms with Gasteiger partial charge in [-0.25, -0.2) is 4.98 Å². The molecule has 4 aromatic rings. The molecule has 1 amide bonds. The Labute approximate surface area is 246 Å². The van der Waals surface area contributed by atoms with Gasteiger partial charge in [-0.15, -0.1) is 0 Å². The Bertz CT molecular complexity index is 1470. The highest BCUT2D eigenvalue weighted by molar-refractivity contribution is 7.23. The van der Waals surface area contributed by atoms with Crippen molar-refractivity contribution in [3.63, 3.8) is 0 Å². The van der Waals surface area contributed by atoms with Crippen molar-refractivity contribution in [1.29, 1.82) is 0 Å². The summed E-state index contributed by atoms with van der Waals surface area (Å²) >= 11 is 1.59. The number of carbonyl (C=O) groups is 1. The predicted molar refractivity (Wildman–Crippen MR) is 165 cm³/mol. The molecule has 9 heteroatoms. The Kier molecular flexibility index (Phi) is 8.86. The maximum Gasteiger partial charge on any atom is 0.255 e. The number of methoxy groups -OCH3 is 1. The molecule has 2 fully saturated rings. The van der Waals surface area contributed by atoms with Crippen LogP contribution in [0.3, 0.4) is 0 Å². The van der Waals surface area contributed by atoms with E-state index in [0.717, 1.165) is 45.9 Å². The lowest BCUT2D eigenvalue weighted by molar-refractivity contribution is 0.0870. The highest BCUT2D eigenvalue weighted by Crippen LogP contribution is 2.35. The minimum atomic E-state index is -0.191. The summed E-state index contributed by atoms with van der Waals surface area (Å²) < 4.78 is 14.7. The Morgan fingerprint density at radius 3 is 2.76 bits per heavy atom. The molecule has 6 rings (SSSR count). The van der Waals surface area contributed by atoms with Crippen LogP contribution >= 0.6 is 11.3 Å². The minimum Gasteiger partial charge on any atom is -0.487 e. The van der Waals surface area contributed by atoms with Gasteiger partial charge in [0.15, 0.2) is 4.96 Å². The second-order valence-electron chi connectivity index (χ2n) is 11.4. The number of thiazole rings is 1. The average Bonchev–Trinajstić information content (AvgIpc) is 3.73. The number of hydrogen-bond acceptors (Lipinski definition) is 7. The van der Waals surface area contributed by atoms with Gasteiger partial charge < -0.3 is 25.0 Å². The molecule has 4 heterocycles. The summed E-state index contributed by atoms with van der Waals surface area (Å²) in [5, 5.41) is 6.70. The van der Waals surface area contributed by atoms with Gasteiger partial charge in [0.25, 0.3) is 5.91 Å². The smallest absolute Gasteiger partial charge is 0.255 e. The number of nitrogens with zero attached hydrogens (tertiary/aromatic N) is 3. The van der Waals surface area contributed by atoms with Crippen LogP contribution in [0.25, 0.3) is 26.4 Å². The van der Waals surface area contributed by atoms with Gasteiger partial charge in [-0.05, 0) is 76.8 Å². The summed E-state index contributed by atoms with van der Waals surface area (Å²) in [6.45, 7) is 7.50. The maximum absolute atomic E-state index is 13.4. The number of imidazole rings is 1. The highest BCUT2D eigenvalue weighted by atomic mass is 32.1. The first-order chi connectivity index (χ1) is 20.1. The zero-order valence-electron chi connectivity index (χ0n) is 24.2. The lowest BCUT2D eigenvalue weighted by atomic mass is 10.0. The summed E-state index contributed by atoms with van der Waals surface area (Å²) in [6.07, 6.45) is 9.15. The molecule has 2 aliphatic rings. The second kappa shape index (κ2) is 12.9. The van der Waals surface area contributed by atoms with Gasteiger partial charge in [-0.1, -0.05) is 42.0 Å². The van der Waals surface area contributed by atoms with Gasteiger partial charge >= 0.3 is 0 Å². The van der Waals surface area contributed by atoms with Crippen LogP contribution in [0.5, 0.6) is 5.75 Å². The van der Waals surface area contributed by atoms with Crippen LogP contribution in [0, 0.1) is 0 Å². The molecule has 2 atom stereocenters. The Balaban J connectivity index is 1.22. The third-order valence-corrected chi connectivity index (χ3v) is 9.24. The first-order valence-electron chi connectivity index (χ1n) is 15.0. The van der Waals surface area contributed by atoms with Crippen LogP contribution in [0.1, 0.15) is 67.4 Å². The number of hydrogen-bond donors (Lipinski definition) is 2. The van der Waals surface area contributed by atoms with Crippen molar-refractivity contribution in [3.8, 4) is 17.0 Å². The summed E-state index contributed by atoms with van der Waals surface area (Å²) in [7, 11) is 1.66. The Hall–Kier alpha value is -2.98. The van der Waals surface area contributed by atoms with Gasteiger partial charge in [0, 0.05) is 37.5 Å². The fourth-order valence-electron chi connectivity index (χ4n) is 6.06. The van der Waals surface area contributed by atoms with Crippen LogP contribution < -0.4 is 15.4 Å². The number of piperidine rings is 1. The fourth-order valence-corrected chi connectivity index (χ4v) is 7.09. The molecule has 2 N–H and O–H groups in total. The molecular formula is C32H41N5O3S. The van der Waals surface area contributed by atoms with Crippen molar-refractivity contribution < 1.29 is 14.3 Å². The molecule has 218 valence electrons. The molecule has 2 saturated heterocycles. The number of benzene rings is 2. The Morgan fingerprint density at radius 2 is 2.00 bits per heavy atom. The van der Waals surface area contributed by atoms with E-state index in [0.29, 0.717) is 30.5 Å². The molecule has 2 aliphatic heterocycles. The largest absolute Gasteiger partial charge is 0.487 e. The molecule has 0 radical (unpaired) electrons. The van der Waals surface area contributed by atoms with E-state index >= 15 is 0 Å². The van der Waals surface area contributed by atoms with Crippen molar-refractivity contribution in [2.45, 2.75) is 57.6 Å². The number of likely N-dealkylation sites (tertiary alicyclic amines) is 1. The number of amides is 1. The van der Waals surface area contributed by atoms with Crippen LogP contribution in [-0.4, -0.2) is 72.7 Å². The third kappa shape index (κ3) is 6.43. The molecule has 0 aliphatic carbocycles. The molecule has 1 unspecified atom stereocenters. The molecule has 0 saturated carbocycles. The van der Waals surface area contributed by atoms with Gasteiger partial charge in [-0.2, -0.15) is 0 Å². The number of ether oxygens (including phenoxy) is 2.